The lowest BCUT2D eigenvalue weighted by molar-refractivity contribution is -0.205. The van der Waals surface area contributed by atoms with E-state index < -0.39 is 0 Å². The first-order chi connectivity index (χ1) is 6.33. The summed E-state index contributed by atoms with van der Waals surface area (Å²) in [5.74, 6) is 0.427. The number of benzene rings is 1. The third-order valence-corrected chi connectivity index (χ3v) is 1.89. The fraction of sp³-hybridized carbons (Fsp3) is 0.273. The summed E-state index contributed by atoms with van der Waals surface area (Å²) < 4.78 is 0. The third-order valence-electron chi connectivity index (χ3n) is 1.89. The van der Waals surface area contributed by atoms with Crippen molar-refractivity contribution < 1.29 is 10.1 Å². The average Bonchev–Trinajstić information content (AvgIpc) is 2.19. The number of aryl methyl sites for hydroxylation is 1. The summed E-state index contributed by atoms with van der Waals surface area (Å²) in [6.07, 6.45) is 2.64. The standard InChI is InChI=1S/C11H14O2/c1-10(13-12)6-5-9-11-7-3-2-4-8-11/h2-4,7-8,12H,1,5-6,9H2. The molecule has 0 fully saturated rings. The average molecular weight is 178 g/mol. The number of rotatable bonds is 5. The van der Waals surface area contributed by atoms with Gasteiger partial charge >= 0.3 is 0 Å². The van der Waals surface area contributed by atoms with Crippen molar-refractivity contribution in [2.45, 2.75) is 19.3 Å². The van der Waals surface area contributed by atoms with Crippen molar-refractivity contribution in [2.75, 3.05) is 0 Å². The molecule has 1 rings (SSSR count). The van der Waals surface area contributed by atoms with Crippen LogP contribution in [0.1, 0.15) is 18.4 Å². The predicted molar refractivity (Wildman–Crippen MR) is 52.2 cm³/mol. The van der Waals surface area contributed by atoms with Crippen LogP contribution in [-0.4, -0.2) is 5.26 Å². The Morgan fingerprint density at radius 1 is 1.31 bits per heavy atom. The van der Waals surface area contributed by atoms with Gasteiger partial charge in [-0.15, -0.1) is 0 Å². The van der Waals surface area contributed by atoms with Gasteiger partial charge < -0.3 is 4.89 Å². The molecule has 1 aromatic carbocycles. The van der Waals surface area contributed by atoms with E-state index in [4.69, 9.17) is 5.26 Å². The minimum atomic E-state index is 0.427. The van der Waals surface area contributed by atoms with E-state index >= 15 is 0 Å². The summed E-state index contributed by atoms with van der Waals surface area (Å²) in [7, 11) is 0. The summed E-state index contributed by atoms with van der Waals surface area (Å²) in [5, 5.41) is 8.23. The van der Waals surface area contributed by atoms with Crippen LogP contribution in [0.15, 0.2) is 42.7 Å². The molecule has 0 amide bonds. The first-order valence-electron chi connectivity index (χ1n) is 4.36. The highest BCUT2D eigenvalue weighted by atomic mass is 17.1. The van der Waals surface area contributed by atoms with Crippen molar-refractivity contribution in [1.82, 2.24) is 0 Å². The van der Waals surface area contributed by atoms with Crippen LogP contribution in [0, 0.1) is 0 Å². The van der Waals surface area contributed by atoms with E-state index in [0.717, 1.165) is 12.8 Å². The zero-order valence-corrected chi connectivity index (χ0v) is 7.57. The molecule has 0 aliphatic carbocycles. The van der Waals surface area contributed by atoms with Crippen LogP contribution in [0.4, 0.5) is 0 Å². The minimum absolute atomic E-state index is 0.427. The Morgan fingerprint density at radius 3 is 2.62 bits per heavy atom. The van der Waals surface area contributed by atoms with E-state index in [9.17, 15) is 0 Å². The second-order valence-electron chi connectivity index (χ2n) is 2.97. The molecular weight excluding hydrogens is 164 g/mol. The second-order valence-corrected chi connectivity index (χ2v) is 2.97. The van der Waals surface area contributed by atoms with Crippen molar-refractivity contribution >= 4 is 0 Å². The Balaban J connectivity index is 2.24. The van der Waals surface area contributed by atoms with Gasteiger partial charge in [-0.1, -0.05) is 36.9 Å². The lowest BCUT2D eigenvalue weighted by Gasteiger charge is -2.01. The van der Waals surface area contributed by atoms with Crippen LogP contribution in [-0.2, 0) is 11.3 Å². The number of hydrogen-bond donors (Lipinski definition) is 1. The fourth-order valence-electron chi connectivity index (χ4n) is 1.18. The van der Waals surface area contributed by atoms with Gasteiger partial charge in [0.15, 0.2) is 0 Å². The topological polar surface area (TPSA) is 29.5 Å². The van der Waals surface area contributed by atoms with Gasteiger partial charge in [0.05, 0.1) is 0 Å². The molecule has 0 aliphatic heterocycles. The highest BCUT2D eigenvalue weighted by Gasteiger charge is 1.95. The molecule has 0 bridgehead atoms. The Bertz CT molecular complexity index is 254. The molecule has 70 valence electrons. The zero-order valence-electron chi connectivity index (χ0n) is 7.57. The van der Waals surface area contributed by atoms with E-state index in [-0.39, 0.29) is 0 Å². The van der Waals surface area contributed by atoms with Crippen molar-refractivity contribution in [1.29, 1.82) is 0 Å². The Hall–Kier alpha value is -1.28. The van der Waals surface area contributed by atoms with E-state index in [0.29, 0.717) is 12.2 Å². The Morgan fingerprint density at radius 2 is 2.00 bits per heavy atom. The molecule has 2 heteroatoms. The summed E-state index contributed by atoms with van der Waals surface area (Å²) in [4.78, 5) is 3.99. The molecule has 0 heterocycles. The normalized spacial score (nSPS) is 9.62. The van der Waals surface area contributed by atoms with Gasteiger partial charge in [0.25, 0.3) is 0 Å². The smallest absolute Gasteiger partial charge is 0.135 e. The molecule has 2 nitrogen and oxygen atoms in total. The summed E-state index contributed by atoms with van der Waals surface area (Å²) in [6, 6.07) is 10.2. The van der Waals surface area contributed by atoms with Gasteiger partial charge in [-0.05, 0) is 18.4 Å². The molecule has 0 unspecified atom stereocenters. The van der Waals surface area contributed by atoms with Gasteiger partial charge in [-0.25, -0.2) is 5.26 Å². The van der Waals surface area contributed by atoms with Crippen LogP contribution in [0.2, 0.25) is 0 Å². The van der Waals surface area contributed by atoms with E-state index in [1.807, 2.05) is 18.2 Å². The molecule has 0 saturated heterocycles. The zero-order chi connectivity index (χ0) is 9.52. The van der Waals surface area contributed by atoms with Gasteiger partial charge in [0, 0.05) is 6.42 Å². The van der Waals surface area contributed by atoms with Crippen molar-refractivity contribution in [2.24, 2.45) is 0 Å². The monoisotopic (exact) mass is 178 g/mol. The van der Waals surface area contributed by atoms with Crippen molar-refractivity contribution in [3.8, 4) is 0 Å². The first-order valence-corrected chi connectivity index (χ1v) is 4.36. The van der Waals surface area contributed by atoms with E-state index in [1.165, 1.54) is 5.56 Å². The van der Waals surface area contributed by atoms with Crippen LogP contribution in [0.25, 0.3) is 0 Å². The maximum atomic E-state index is 8.23. The molecule has 13 heavy (non-hydrogen) atoms. The predicted octanol–water partition coefficient (Wildman–Crippen LogP) is 3.01. The highest BCUT2D eigenvalue weighted by molar-refractivity contribution is 5.14. The molecule has 0 aliphatic rings. The van der Waals surface area contributed by atoms with Crippen LogP contribution < -0.4 is 0 Å². The molecule has 1 aromatic rings. The molecule has 0 saturated carbocycles. The summed E-state index contributed by atoms with van der Waals surface area (Å²) >= 11 is 0. The Kier molecular flexibility index (Phi) is 4.06. The van der Waals surface area contributed by atoms with Gasteiger partial charge in [0.2, 0.25) is 0 Å². The second kappa shape index (κ2) is 5.38. The molecule has 0 aromatic heterocycles. The first kappa shape index (κ1) is 9.81. The lowest BCUT2D eigenvalue weighted by atomic mass is 10.1. The molecular formula is C11H14O2. The van der Waals surface area contributed by atoms with E-state index in [1.54, 1.807) is 0 Å². The fourth-order valence-corrected chi connectivity index (χ4v) is 1.18. The molecule has 1 N–H and O–H groups in total. The maximum absolute atomic E-state index is 8.23. The Labute approximate surface area is 78.4 Å². The lowest BCUT2D eigenvalue weighted by Crippen LogP contribution is -1.89. The number of hydrogen-bond acceptors (Lipinski definition) is 2. The van der Waals surface area contributed by atoms with Gasteiger partial charge in [-0.3, -0.25) is 0 Å². The number of allylic oxidation sites excluding steroid dienone is 1. The quantitative estimate of drug-likeness (QED) is 0.426. The van der Waals surface area contributed by atoms with E-state index in [2.05, 4.69) is 23.6 Å². The molecule has 0 spiro atoms. The van der Waals surface area contributed by atoms with Crippen LogP contribution in [0.5, 0.6) is 0 Å². The highest BCUT2D eigenvalue weighted by Crippen LogP contribution is 2.08. The van der Waals surface area contributed by atoms with Gasteiger partial charge in [0.1, 0.15) is 5.76 Å². The van der Waals surface area contributed by atoms with Crippen LogP contribution >= 0.6 is 0 Å². The SMILES string of the molecule is C=C(CCCc1ccccc1)OO. The maximum Gasteiger partial charge on any atom is 0.135 e. The largest absolute Gasteiger partial charge is 0.345 e. The molecule has 0 atom stereocenters. The third kappa shape index (κ3) is 3.76. The van der Waals surface area contributed by atoms with Gasteiger partial charge in [-0.2, -0.15) is 0 Å². The van der Waals surface area contributed by atoms with Crippen molar-refractivity contribution in [3.63, 3.8) is 0 Å². The van der Waals surface area contributed by atoms with Crippen molar-refractivity contribution in [3.05, 3.63) is 48.2 Å². The van der Waals surface area contributed by atoms with Crippen LogP contribution in [0.3, 0.4) is 0 Å². The summed E-state index contributed by atoms with van der Waals surface area (Å²) in [6.45, 7) is 3.53. The molecule has 0 radical (unpaired) electrons. The summed E-state index contributed by atoms with van der Waals surface area (Å²) in [5.41, 5.74) is 1.30. The minimum Gasteiger partial charge on any atom is -0.345 e.